The molecule has 0 aliphatic heterocycles. The fourth-order valence-electron chi connectivity index (χ4n) is 1.46. The van der Waals surface area contributed by atoms with E-state index in [4.69, 9.17) is 11.6 Å². The molecule has 2 aromatic rings. The highest BCUT2D eigenvalue weighted by atomic mass is 35.5. The fraction of sp³-hybridized carbons (Fsp3) is 0.167. The number of aryl methyl sites for hydroxylation is 1. The number of aromatic nitrogens is 1. The van der Waals surface area contributed by atoms with E-state index in [1.165, 1.54) is 19.2 Å². The van der Waals surface area contributed by atoms with Gasteiger partial charge in [-0.2, -0.15) is 0 Å². The standard InChI is InChI=1S/C12H10ClFN2O2S/c1-6-5-7(14)3-4-8(6)15-12-16-10(13)9(19-12)11(17)18-2/h3-5H,1-2H3,(H,15,16). The molecule has 0 aliphatic rings. The van der Waals surface area contributed by atoms with Crippen LogP contribution in [-0.2, 0) is 4.74 Å². The maximum atomic E-state index is 13.0. The molecule has 100 valence electrons. The molecule has 0 atom stereocenters. The smallest absolute Gasteiger partial charge is 0.351 e. The molecule has 1 aromatic carbocycles. The van der Waals surface area contributed by atoms with Gasteiger partial charge in [0.05, 0.1) is 7.11 Å². The number of nitrogens with zero attached hydrogens (tertiary/aromatic N) is 1. The van der Waals surface area contributed by atoms with Crippen LogP contribution in [0, 0.1) is 12.7 Å². The molecule has 2 rings (SSSR count). The van der Waals surface area contributed by atoms with Crippen molar-refractivity contribution in [2.45, 2.75) is 6.92 Å². The van der Waals surface area contributed by atoms with Crippen molar-refractivity contribution >= 4 is 39.7 Å². The van der Waals surface area contributed by atoms with Crippen molar-refractivity contribution in [3.8, 4) is 0 Å². The predicted molar refractivity (Wildman–Crippen MR) is 72.9 cm³/mol. The predicted octanol–water partition coefficient (Wildman–Crippen LogP) is 3.77. The minimum atomic E-state index is -0.536. The van der Waals surface area contributed by atoms with E-state index in [0.29, 0.717) is 10.8 Å². The lowest BCUT2D eigenvalue weighted by Crippen LogP contribution is -1.98. The lowest BCUT2D eigenvalue weighted by Gasteiger charge is -2.05. The van der Waals surface area contributed by atoms with Gasteiger partial charge in [-0.15, -0.1) is 0 Å². The van der Waals surface area contributed by atoms with Crippen molar-refractivity contribution in [1.82, 2.24) is 4.98 Å². The average molecular weight is 301 g/mol. The maximum Gasteiger partial charge on any atom is 0.351 e. The molecule has 0 fully saturated rings. The molecule has 0 aliphatic carbocycles. The molecular weight excluding hydrogens is 291 g/mol. The van der Waals surface area contributed by atoms with Gasteiger partial charge in [0.2, 0.25) is 0 Å². The van der Waals surface area contributed by atoms with E-state index in [1.807, 2.05) is 0 Å². The number of ether oxygens (including phenoxy) is 1. The lowest BCUT2D eigenvalue weighted by atomic mass is 10.2. The Hall–Kier alpha value is -1.66. The van der Waals surface area contributed by atoms with E-state index in [2.05, 4.69) is 15.0 Å². The summed E-state index contributed by atoms with van der Waals surface area (Å²) in [6.07, 6.45) is 0. The van der Waals surface area contributed by atoms with E-state index in [9.17, 15) is 9.18 Å². The molecule has 0 radical (unpaired) electrons. The summed E-state index contributed by atoms with van der Waals surface area (Å²) in [5.41, 5.74) is 1.43. The van der Waals surface area contributed by atoms with Crippen molar-refractivity contribution in [3.63, 3.8) is 0 Å². The summed E-state index contributed by atoms with van der Waals surface area (Å²) < 4.78 is 17.6. The average Bonchev–Trinajstić information content (AvgIpc) is 2.73. The number of anilines is 2. The second kappa shape index (κ2) is 5.54. The van der Waals surface area contributed by atoms with Gasteiger partial charge in [0.15, 0.2) is 15.2 Å². The largest absolute Gasteiger partial charge is 0.465 e. The third kappa shape index (κ3) is 3.02. The number of methoxy groups -OCH3 is 1. The van der Waals surface area contributed by atoms with Crippen LogP contribution >= 0.6 is 22.9 Å². The van der Waals surface area contributed by atoms with Gasteiger partial charge >= 0.3 is 5.97 Å². The number of thiazole rings is 1. The van der Waals surface area contributed by atoms with Crippen LogP contribution in [0.2, 0.25) is 5.15 Å². The zero-order valence-corrected chi connectivity index (χ0v) is 11.7. The highest BCUT2D eigenvalue weighted by Crippen LogP contribution is 2.30. The SMILES string of the molecule is COC(=O)c1sc(Nc2ccc(F)cc2C)nc1Cl. The lowest BCUT2D eigenvalue weighted by molar-refractivity contribution is 0.0606. The number of carbonyl (C=O) groups excluding carboxylic acids is 1. The van der Waals surface area contributed by atoms with E-state index < -0.39 is 5.97 Å². The molecule has 0 amide bonds. The molecule has 0 unspecified atom stereocenters. The number of nitrogens with one attached hydrogen (secondary N) is 1. The minimum Gasteiger partial charge on any atom is -0.465 e. The molecule has 1 heterocycles. The van der Waals surface area contributed by atoms with Crippen LogP contribution in [0.5, 0.6) is 0 Å². The Labute approximate surface area is 118 Å². The molecule has 19 heavy (non-hydrogen) atoms. The molecule has 7 heteroatoms. The zero-order valence-electron chi connectivity index (χ0n) is 10.2. The van der Waals surface area contributed by atoms with Crippen LogP contribution < -0.4 is 5.32 Å². The molecule has 0 bridgehead atoms. The summed E-state index contributed by atoms with van der Waals surface area (Å²) in [5, 5.41) is 3.52. The Morgan fingerprint density at radius 1 is 1.53 bits per heavy atom. The van der Waals surface area contributed by atoms with Gasteiger partial charge in [0, 0.05) is 5.69 Å². The Balaban J connectivity index is 2.26. The van der Waals surface area contributed by atoms with Gasteiger partial charge in [-0.1, -0.05) is 22.9 Å². The fourth-order valence-corrected chi connectivity index (χ4v) is 2.57. The van der Waals surface area contributed by atoms with Gasteiger partial charge in [-0.3, -0.25) is 0 Å². The minimum absolute atomic E-state index is 0.0825. The van der Waals surface area contributed by atoms with Crippen LogP contribution in [0.3, 0.4) is 0 Å². The molecule has 1 N–H and O–H groups in total. The van der Waals surface area contributed by atoms with Crippen molar-refractivity contribution in [2.24, 2.45) is 0 Å². The summed E-state index contributed by atoms with van der Waals surface area (Å²) in [6.45, 7) is 1.77. The number of hydrogen-bond acceptors (Lipinski definition) is 5. The van der Waals surface area contributed by atoms with Crippen LogP contribution in [0.1, 0.15) is 15.2 Å². The van der Waals surface area contributed by atoms with E-state index in [-0.39, 0.29) is 15.8 Å². The molecule has 0 spiro atoms. The first-order valence-electron chi connectivity index (χ1n) is 5.29. The summed E-state index contributed by atoms with van der Waals surface area (Å²) >= 11 is 6.93. The zero-order chi connectivity index (χ0) is 14.0. The van der Waals surface area contributed by atoms with Gasteiger partial charge in [-0.05, 0) is 30.7 Å². The third-order valence-corrected chi connectivity index (χ3v) is 3.72. The van der Waals surface area contributed by atoms with E-state index in [0.717, 1.165) is 16.9 Å². The van der Waals surface area contributed by atoms with Gasteiger partial charge in [0.25, 0.3) is 0 Å². The highest BCUT2D eigenvalue weighted by molar-refractivity contribution is 7.18. The first-order chi connectivity index (χ1) is 9.01. The van der Waals surface area contributed by atoms with Gasteiger partial charge < -0.3 is 10.1 Å². The molecule has 4 nitrogen and oxygen atoms in total. The van der Waals surface area contributed by atoms with Crippen molar-refractivity contribution in [1.29, 1.82) is 0 Å². The number of rotatable bonds is 3. The number of halogens is 2. The number of esters is 1. The third-order valence-electron chi connectivity index (χ3n) is 2.39. The number of carbonyl (C=O) groups is 1. The maximum absolute atomic E-state index is 13.0. The monoisotopic (exact) mass is 300 g/mol. The van der Waals surface area contributed by atoms with Crippen LogP contribution in [0.15, 0.2) is 18.2 Å². The Kier molecular flexibility index (Phi) is 4.01. The normalized spacial score (nSPS) is 10.3. The summed E-state index contributed by atoms with van der Waals surface area (Å²) in [7, 11) is 1.27. The van der Waals surface area contributed by atoms with Crippen molar-refractivity contribution in [3.05, 3.63) is 39.6 Å². The Morgan fingerprint density at radius 2 is 2.26 bits per heavy atom. The summed E-state index contributed by atoms with van der Waals surface area (Å²) in [5.74, 6) is -0.846. The van der Waals surface area contributed by atoms with Crippen LogP contribution in [0.4, 0.5) is 15.2 Å². The first kappa shape index (κ1) is 13.8. The topological polar surface area (TPSA) is 51.2 Å². The molecule has 0 saturated heterocycles. The summed E-state index contributed by atoms with van der Waals surface area (Å²) in [6, 6.07) is 4.34. The van der Waals surface area contributed by atoms with Gasteiger partial charge in [-0.25, -0.2) is 14.2 Å². The Bertz CT molecular complexity index is 630. The van der Waals surface area contributed by atoms with Gasteiger partial charge in [0.1, 0.15) is 5.82 Å². The van der Waals surface area contributed by atoms with Crippen LogP contribution in [0.25, 0.3) is 0 Å². The number of benzene rings is 1. The van der Waals surface area contributed by atoms with Crippen LogP contribution in [-0.4, -0.2) is 18.1 Å². The highest BCUT2D eigenvalue weighted by Gasteiger charge is 2.17. The second-order valence-corrected chi connectivity index (χ2v) is 5.07. The first-order valence-corrected chi connectivity index (χ1v) is 6.48. The van der Waals surface area contributed by atoms with Crippen molar-refractivity contribution in [2.75, 3.05) is 12.4 Å². The van der Waals surface area contributed by atoms with Crippen molar-refractivity contribution < 1.29 is 13.9 Å². The molecule has 0 saturated carbocycles. The quantitative estimate of drug-likeness (QED) is 0.877. The van der Waals surface area contributed by atoms with E-state index >= 15 is 0 Å². The Morgan fingerprint density at radius 3 is 2.89 bits per heavy atom. The molecular formula is C12H10ClFN2O2S. The van der Waals surface area contributed by atoms with E-state index in [1.54, 1.807) is 13.0 Å². The summed E-state index contributed by atoms with van der Waals surface area (Å²) in [4.78, 5) is 15.6. The molecule has 1 aromatic heterocycles. The second-order valence-electron chi connectivity index (χ2n) is 3.71. The number of hydrogen-bond donors (Lipinski definition) is 1.